The van der Waals surface area contributed by atoms with Gasteiger partial charge < -0.3 is 15.1 Å². The lowest BCUT2D eigenvalue weighted by molar-refractivity contribution is 0.0540. The molecule has 1 amide bonds. The summed E-state index contributed by atoms with van der Waals surface area (Å²) in [5.74, 6) is 1.93. The maximum atomic E-state index is 12.4. The molecule has 2 unspecified atom stereocenters. The van der Waals surface area contributed by atoms with Crippen LogP contribution in [-0.2, 0) is 6.42 Å². The van der Waals surface area contributed by atoms with Gasteiger partial charge in [-0.1, -0.05) is 13.8 Å². The SMILES string of the molecule is CCc1ccc(C(=O)N2CCC(C)CC2CN)o1. The van der Waals surface area contributed by atoms with Crippen LogP contribution in [0.25, 0.3) is 0 Å². The first-order chi connectivity index (χ1) is 8.65. The summed E-state index contributed by atoms with van der Waals surface area (Å²) in [7, 11) is 0. The van der Waals surface area contributed by atoms with Gasteiger partial charge in [-0.3, -0.25) is 4.79 Å². The van der Waals surface area contributed by atoms with Crippen LogP contribution in [0.3, 0.4) is 0 Å². The van der Waals surface area contributed by atoms with Gasteiger partial charge in [-0.15, -0.1) is 0 Å². The number of hydrogen-bond acceptors (Lipinski definition) is 3. The first kappa shape index (κ1) is 13.1. The molecule has 18 heavy (non-hydrogen) atoms. The molecule has 0 aliphatic carbocycles. The average molecular weight is 250 g/mol. The lowest BCUT2D eigenvalue weighted by Gasteiger charge is -2.37. The highest BCUT2D eigenvalue weighted by Gasteiger charge is 2.30. The van der Waals surface area contributed by atoms with Crippen LogP contribution >= 0.6 is 0 Å². The van der Waals surface area contributed by atoms with Crippen LogP contribution in [0.5, 0.6) is 0 Å². The number of nitrogens with two attached hydrogens (primary N) is 1. The van der Waals surface area contributed by atoms with E-state index in [0.29, 0.717) is 18.2 Å². The van der Waals surface area contributed by atoms with Crippen molar-refractivity contribution in [2.24, 2.45) is 11.7 Å². The van der Waals surface area contributed by atoms with E-state index in [0.717, 1.165) is 31.6 Å². The number of likely N-dealkylation sites (tertiary alicyclic amines) is 1. The largest absolute Gasteiger partial charge is 0.456 e. The van der Waals surface area contributed by atoms with Crippen LogP contribution in [-0.4, -0.2) is 29.9 Å². The van der Waals surface area contributed by atoms with Crippen molar-refractivity contribution in [1.29, 1.82) is 0 Å². The van der Waals surface area contributed by atoms with Crippen molar-refractivity contribution in [3.8, 4) is 0 Å². The molecule has 0 bridgehead atoms. The summed E-state index contributed by atoms with van der Waals surface area (Å²) in [6, 6.07) is 3.79. The highest BCUT2D eigenvalue weighted by molar-refractivity contribution is 5.91. The second-order valence-corrected chi connectivity index (χ2v) is 5.14. The molecule has 2 rings (SSSR count). The van der Waals surface area contributed by atoms with Gasteiger partial charge in [0, 0.05) is 25.6 Å². The number of furan rings is 1. The monoisotopic (exact) mass is 250 g/mol. The molecule has 1 aromatic heterocycles. The van der Waals surface area contributed by atoms with Crippen LogP contribution in [0.1, 0.15) is 43.0 Å². The molecule has 0 saturated carbocycles. The number of nitrogens with zero attached hydrogens (tertiary/aromatic N) is 1. The van der Waals surface area contributed by atoms with Crippen molar-refractivity contribution in [3.63, 3.8) is 0 Å². The summed E-state index contributed by atoms with van der Waals surface area (Å²) >= 11 is 0. The number of amides is 1. The van der Waals surface area contributed by atoms with Gasteiger partial charge in [-0.25, -0.2) is 0 Å². The Bertz CT molecular complexity index is 414. The molecule has 1 aliphatic rings. The standard InChI is InChI=1S/C14H22N2O2/c1-3-12-4-5-13(18-12)14(17)16-7-6-10(2)8-11(16)9-15/h4-5,10-11H,3,6-9,15H2,1-2H3. The topological polar surface area (TPSA) is 59.5 Å². The van der Waals surface area contributed by atoms with E-state index in [9.17, 15) is 4.79 Å². The molecule has 4 nitrogen and oxygen atoms in total. The normalized spacial score (nSPS) is 24.3. The highest BCUT2D eigenvalue weighted by Crippen LogP contribution is 2.24. The van der Waals surface area contributed by atoms with E-state index in [1.807, 2.05) is 17.9 Å². The van der Waals surface area contributed by atoms with Crippen LogP contribution in [0, 0.1) is 5.92 Å². The molecule has 4 heteroatoms. The summed E-state index contributed by atoms with van der Waals surface area (Å²) in [5.41, 5.74) is 5.78. The Morgan fingerprint density at radius 2 is 2.33 bits per heavy atom. The molecule has 1 aromatic rings. The van der Waals surface area contributed by atoms with Crippen LogP contribution in [0.4, 0.5) is 0 Å². The van der Waals surface area contributed by atoms with E-state index < -0.39 is 0 Å². The minimum absolute atomic E-state index is 0.0166. The Balaban J connectivity index is 2.11. The van der Waals surface area contributed by atoms with Crippen molar-refractivity contribution >= 4 is 5.91 Å². The van der Waals surface area contributed by atoms with Gasteiger partial charge in [0.1, 0.15) is 5.76 Å². The Hall–Kier alpha value is -1.29. The minimum atomic E-state index is -0.0166. The summed E-state index contributed by atoms with van der Waals surface area (Å²) in [6.07, 6.45) is 2.85. The summed E-state index contributed by atoms with van der Waals surface area (Å²) in [5, 5.41) is 0. The predicted molar refractivity (Wildman–Crippen MR) is 70.4 cm³/mol. The maximum absolute atomic E-state index is 12.4. The molecular weight excluding hydrogens is 228 g/mol. The van der Waals surface area contributed by atoms with Crippen molar-refractivity contribution in [3.05, 3.63) is 23.7 Å². The smallest absolute Gasteiger partial charge is 0.289 e. The average Bonchev–Trinajstić information content (AvgIpc) is 2.86. The van der Waals surface area contributed by atoms with Gasteiger partial charge in [0.05, 0.1) is 0 Å². The number of hydrogen-bond donors (Lipinski definition) is 1. The summed E-state index contributed by atoms with van der Waals surface area (Å²) in [4.78, 5) is 14.3. The molecule has 0 radical (unpaired) electrons. The molecule has 1 saturated heterocycles. The van der Waals surface area contributed by atoms with Gasteiger partial charge in [0.15, 0.2) is 5.76 Å². The van der Waals surface area contributed by atoms with Crippen molar-refractivity contribution in [1.82, 2.24) is 4.90 Å². The molecule has 2 atom stereocenters. The third kappa shape index (κ3) is 2.58. The van der Waals surface area contributed by atoms with Gasteiger partial charge >= 0.3 is 0 Å². The van der Waals surface area contributed by atoms with Crippen LogP contribution in [0.15, 0.2) is 16.5 Å². The van der Waals surface area contributed by atoms with E-state index in [-0.39, 0.29) is 11.9 Å². The van der Waals surface area contributed by atoms with Crippen LogP contribution in [0.2, 0.25) is 0 Å². The third-order valence-corrected chi connectivity index (χ3v) is 3.73. The van der Waals surface area contributed by atoms with Gasteiger partial charge in [0.2, 0.25) is 0 Å². The molecule has 2 N–H and O–H groups in total. The number of carbonyl (C=O) groups excluding carboxylic acids is 1. The lowest BCUT2D eigenvalue weighted by Crippen LogP contribution is -2.49. The zero-order valence-electron chi connectivity index (χ0n) is 11.2. The van der Waals surface area contributed by atoms with Gasteiger partial charge in [-0.05, 0) is 30.9 Å². The van der Waals surface area contributed by atoms with E-state index >= 15 is 0 Å². The second-order valence-electron chi connectivity index (χ2n) is 5.14. The Morgan fingerprint density at radius 1 is 1.56 bits per heavy atom. The van der Waals surface area contributed by atoms with Crippen molar-refractivity contribution in [2.45, 2.75) is 39.2 Å². The maximum Gasteiger partial charge on any atom is 0.289 e. The number of rotatable bonds is 3. The molecule has 1 aliphatic heterocycles. The Labute approximate surface area is 108 Å². The quantitative estimate of drug-likeness (QED) is 0.893. The minimum Gasteiger partial charge on any atom is -0.456 e. The van der Waals surface area contributed by atoms with E-state index in [4.69, 9.17) is 10.2 Å². The lowest BCUT2D eigenvalue weighted by atomic mass is 9.92. The Morgan fingerprint density at radius 3 is 2.94 bits per heavy atom. The summed E-state index contributed by atoms with van der Waals surface area (Å²) < 4.78 is 5.54. The molecule has 100 valence electrons. The first-order valence-electron chi connectivity index (χ1n) is 6.75. The zero-order chi connectivity index (χ0) is 13.1. The number of carbonyl (C=O) groups is 1. The molecular formula is C14H22N2O2. The molecule has 0 aromatic carbocycles. The van der Waals surface area contributed by atoms with E-state index in [1.54, 1.807) is 6.07 Å². The number of piperidine rings is 1. The third-order valence-electron chi connectivity index (χ3n) is 3.73. The zero-order valence-corrected chi connectivity index (χ0v) is 11.2. The van der Waals surface area contributed by atoms with Gasteiger partial charge in [-0.2, -0.15) is 0 Å². The fourth-order valence-corrected chi connectivity index (χ4v) is 2.57. The van der Waals surface area contributed by atoms with Gasteiger partial charge in [0.25, 0.3) is 5.91 Å². The Kier molecular flexibility index (Phi) is 4.07. The predicted octanol–water partition coefficient (Wildman–Crippen LogP) is 2.04. The molecule has 2 heterocycles. The fourth-order valence-electron chi connectivity index (χ4n) is 2.57. The summed E-state index contributed by atoms with van der Waals surface area (Å²) in [6.45, 7) is 5.53. The first-order valence-corrected chi connectivity index (χ1v) is 6.75. The van der Waals surface area contributed by atoms with Crippen molar-refractivity contribution < 1.29 is 9.21 Å². The van der Waals surface area contributed by atoms with Crippen molar-refractivity contribution in [2.75, 3.05) is 13.1 Å². The van der Waals surface area contributed by atoms with E-state index in [2.05, 4.69) is 6.92 Å². The fraction of sp³-hybridized carbons (Fsp3) is 0.643. The molecule has 1 fully saturated rings. The highest BCUT2D eigenvalue weighted by atomic mass is 16.4. The molecule has 0 spiro atoms. The van der Waals surface area contributed by atoms with E-state index in [1.165, 1.54) is 0 Å². The number of aryl methyl sites for hydroxylation is 1. The van der Waals surface area contributed by atoms with Crippen LogP contribution < -0.4 is 5.73 Å². The second kappa shape index (κ2) is 5.57.